The van der Waals surface area contributed by atoms with Gasteiger partial charge in [0.25, 0.3) is 5.56 Å². The monoisotopic (exact) mass is 496 g/mol. The SMILES string of the molecule is CC(C)CN(C(=O)CSc1ncnc2sccc12)c1c(N)n(Cc2ccccc2)c(=O)[nH]c1=O. The molecular weight excluding hydrogens is 472 g/mol. The standard InChI is InChI=1S/C23H24N6O3S2/c1-14(2)10-28(17(30)12-34-22-16-8-9-33-21(16)25-13-26-22)18-19(24)29(23(32)27-20(18)31)11-15-6-4-3-5-7-15/h3-9,13-14H,10-12,24H2,1-2H3,(H,27,31,32). The summed E-state index contributed by atoms with van der Waals surface area (Å²) in [5.74, 6) is -0.239. The van der Waals surface area contributed by atoms with Crippen molar-refractivity contribution in [3.05, 3.63) is 74.5 Å². The van der Waals surface area contributed by atoms with Crippen LogP contribution in [0.5, 0.6) is 0 Å². The fourth-order valence-corrected chi connectivity index (χ4v) is 5.19. The van der Waals surface area contributed by atoms with Gasteiger partial charge in [0, 0.05) is 11.9 Å². The Bertz CT molecular complexity index is 1430. The number of rotatable bonds is 8. The van der Waals surface area contributed by atoms with E-state index in [0.717, 1.165) is 15.8 Å². The third-order valence-electron chi connectivity index (χ3n) is 5.07. The number of carbonyl (C=O) groups excluding carboxylic acids is 1. The number of nitrogens with zero attached hydrogens (tertiary/aromatic N) is 4. The minimum atomic E-state index is -0.687. The lowest BCUT2D eigenvalue weighted by Gasteiger charge is -2.26. The van der Waals surface area contributed by atoms with Crippen molar-refractivity contribution in [2.45, 2.75) is 25.4 Å². The van der Waals surface area contributed by atoms with E-state index in [-0.39, 0.29) is 42.2 Å². The number of thiophene rings is 1. The second kappa shape index (κ2) is 10.2. The van der Waals surface area contributed by atoms with Gasteiger partial charge in [-0.2, -0.15) is 0 Å². The van der Waals surface area contributed by atoms with Gasteiger partial charge in [-0.1, -0.05) is 55.9 Å². The Morgan fingerprint density at radius 2 is 1.97 bits per heavy atom. The van der Waals surface area contributed by atoms with E-state index < -0.39 is 11.2 Å². The van der Waals surface area contributed by atoms with Crippen LogP contribution in [0.3, 0.4) is 0 Å². The first-order valence-electron chi connectivity index (χ1n) is 10.6. The summed E-state index contributed by atoms with van der Waals surface area (Å²) in [6.45, 7) is 4.33. The lowest BCUT2D eigenvalue weighted by Crippen LogP contribution is -2.43. The quantitative estimate of drug-likeness (QED) is 0.284. The van der Waals surface area contributed by atoms with Gasteiger partial charge in [0.1, 0.15) is 22.0 Å². The van der Waals surface area contributed by atoms with Crippen molar-refractivity contribution in [2.24, 2.45) is 5.92 Å². The van der Waals surface area contributed by atoms with Crippen molar-refractivity contribution < 1.29 is 4.79 Å². The van der Waals surface area contributed by atoms with Gasteiger partial charge in [0.2, 0.25) is 5.91 Å². The van der Waals surface area contributed by atoms with Crippen LogP contribution in [0, 0.1) is 5.92 Å². The summed E-state index contributed by atoms with van der Waals surface area (Å²) in [4.78, 5) is 51.8. The van der Waals surface area contributed by atoms with Gasteiger partial charge in [0.05, 0.1) is 12.3 Å². The van der Waals surface area contributed by atoms with E-state index in [2.05, 4.69) is 15.0 Å². The maximum Gasteiger partial charge on any atom is 0.330 e. The smallest absolute Gasteiger partial charge is 0.330 e. The average molecular weight is 497 g/mol. The lowest BCUT2D eigenvalue weighted by atomic mass is 10.2. The summed E-state index contributed by atoms with van der Waals surface area (Å²) in [7, 11) is 0. The van der Waals surface area contributed by atoms with Crippen molar-refractivity contribution in [3.8, 4) is 0 Å². The molecule has 11 heteroatoms. The number of H-pyrrole nitrogens is 1. The molecule has 0 saturated heterocycles. The van der Waals surface area contributed by atoms with E-state index in [0.29, 0.717) is 5.03 Å². The molecule has 0 aliphatic carbocycles. The number of nitrogens with two attached hydrogens (primary N) is 1. The number of fused-ring (bicyclic) bond motifs is 1. The fourth-order valence-electron chi connectivity index (χ4n) is 3.53. The molecular formula is C23H24N6O3S2. The first-order chi connectivity index (χ1) is 16.3. The Labute approximate surface area is 203 Å². The normalized spacial score (nSPS) is 11.3. The molecule has 0 atom stereocenters. The van der Waals surface area contributed by atoms with Crippen LogP contribution in [0.4, 0.5) is 11.5 Å². The molecule has 0 aliphatic heterocycles. The van der Waals surface area contributed by atoms with E-state index in [9.17, 15) is 14.4 Å². The zero-order valence-electron chi connectivity index (χ0n) is 18.7. The van der Waals surface area contributed by atoms with Crippen molar-refractivity contribution in [2.75, 3.05) is 22.9 Å². The highest BCUT2D eigenvalue weighted by molar-refractivity contribution is 8.00. The highest BCUT2D eigenvalue weighted by Gasteiger charge is 2.25. The number of benzene rings is 1. The molecule has 0 fully saturated rings. The molecule has 0 saturated carbocycles. The van der Waals surface area contributed by atoms with E-state index in [1.165, 1.54) is 38.9 Å². The van der Waals surface area contributed by atoms with Crippen LogP contribution < -0.4 is 21.9 Å². The first kappa shape index (κ1) is 23.7. The van der Waals surface area contributed by atoms with Crippen molar-refractivity contribution in [1.82, 2.24) is 19.5 Å². The zero-order chi connectivity index (χ0) is 24.2. The number of aromatic amines is 1. The summed E-state index contributed by atoms with van der Waals surface area (Å²) < 4.78 is 1.28. The largest absolute Gasteiger partial charge is 0.383 e. The molecule has 1 amide bonds. The van der Waals surface area contributed by atoms with Gasteiger partial charge in [-0.25, -0.2) is 14.8 Å². The Morgan fingerprint density at radius 1 is 1.21 bits per heavy atom. The topological polar surface area (TPSA) is 127 Å². The van der Waals surface area contributed by atoms with Crippen LogP contribution in [0.15, 0.2) is 62.7 Å². The van der Waals surface area contributed by atoms with Crippen LogP contribution in [-0.2, 0) is 11.3 Å². The van der Waals surface area contributed by atoms with Crippen molar-refractivity contribution in [3.63, 3.8) is 0 Å². The molecule has 3 heterocycles. The van der Waals surface area contributed by atoms with Crippen LogP contribution in [0.1, 0.15) is 19.4 Å². The molecule has 176 valence electrons. The summed E-state index contributed by atoms with van der Waals surface area (Å²) in [5, 5.41) is 3.50. The molecule has 4 aromatic rings. The molecule has 4 rings (SSSR count). The molecule has 0 bridgehead atoms. The highest BCUT2D eigenvalue weighted by Crippen LogP contribution is 2.28. The van der Waals surface area contributed by atoms with Gasteiger partial charge < -0.3 is 10.6 Å². The second-order valence-electron chi connectivity index (χ2n) is 8.07. The van der Waals surface area contributed by atoms with Crippen LogP contribution >= 0.6 is 23.1 Å². The Morgan fingerprint density at radius 3 is 2.71 bits per heavy atom. The summed E-state index contributed by atoms with van der Waals surface area (Å²) in [5.41, 5.74) is 5.86. The Hall–Kier alpha value is -3.44. The second-order valence-corrected chi connectivity index (χ2v) is 9.93. The predicted molar refractivity (Wildman–Crippen MR) is 137 cm³/mol. The van der Waals surface area contributed by atoms with E-state index in [1.807, 2.05) is 55.6 Å². The molecule has 1 aromatic carbocycles. The summed E-state index contributed by atoms with van der Waals surface area (Å²) in [6, 6.07) is 11.2. The minimum Gasteiger partial charge on any atom is -0.383 e. The van der Waals surface area contributed by atoms with Gasteiger partial charge >= 0.3 is 5.69 Å². The number of hydrogen-bond acceptors (Lipinski definition) is 8. The number of nitrogens with one attached hydrogen (secondary N) is 1. The molecule has 0 radical (unpaired) electrons. The number of thioether (sulfide) groups is 1. The molecule has 0 spiro atoms. The van der Waals surface area contributed by atoms with Crippen LogP contribution in [0.25, 0.3) is 10.2 Å². The number of anilines is 2. The van der Waals surface area contributed by atoms with Crippen molar-refractivity contribution >= 4 is 50.7 Å². The highest BCUT2D eigenvalue weighted by atomic mass is 32.2. The van der Waals surface area contributed by atoms with Crippen LogP contribution in [-0.4, -0.2) is 37.7 Å². The number of hydrogen-bond donors (Lipinski definition) is 2. The van der Waals surface area contributed by atoms with Gasteiger partial charge in [-0.05, 0) is 22.9 Å². The van der Waals surface area contributed by atoms with Gasteiger partial charge in [0.15, 0.2) is 5.69 Å². The number of nitrogen functional groups attached to an aromatic ring is 1. The Balaban J connectivity index is 1.67. The number of aromatic nitrogens is 4. The molecule has 0 unspecified atom stereocenters. The van der Waals surface area contributed by atoms with E-state index in [1.54, 1.807) is 0 Å². The maximum absolute atomic E-state index is 13.4. The summed E-state index contributed by atoms with van der Waals surface area (Å²) in [6.07, 6.45) is 1.47. The number of amides is 1. The predicted octanol–water partition coefficient (Wildman–Crippen LogP) is 2.95. The third-order valence-corrected chi connectivity index (χ3v) is 6.88. The number of carbonyl (C=O) groups is 1. The molecule has 34 heavy (non-hydrogen) atoms. The average Bonchev–Trinajstić information content (AvgIpc) is 3.29. The molecule has 3 N–H and O–H groups in total. The third kappa shape index (κ3) is 5.05. The fraction of sp³-hybridized carbons (Fsp3) is 0.261. The summed E-state index contributed by atoms with van der Waals surface area (Å²) >= 11 is 2.78. The van der Waals surface area contributed by atoms with Crippen LogP contribution in [0.2, 0.25) is 0 Å². The first-order valence-corrected chi connectivity index (χ1v) is 12.5. The van der Waals surface area contributed by atoms with Crippen molar-refractivity contribution in [1.29, 1.82) is 0 Å². The van der Waals surface area contributed by atoms with E-state index in [4.69, 9.17) is 5.73 Å². The maximum atomic E-state index is 13.4. The Kier molecular flexibility index (Phi) is 7.13. The van der Waals surface area contributed by atoms with E-state index >= 15 is 0 Å². The molecule has 0 aliphatic rings. The van der Waals surface area contributed by atoms with Gasteiger partial charge in [-0.3, -0.25) is 19.1 Å². The molecule has 9 nitrogen and oxygen atoms in total. The molecule has 3 aromatic heterocycles. The lowest BCUT2D eigenvalue weighted by molar-refractivity contribution is -0.116. The van der Waals surface area contributed by atoms with Gasteiger partial charge in [-0.15, -0.1) is 11.3 Å². The zero-order valence-corrected chi connectivity index (χ0v) is 20.4. The minimum absolute atomic E-state index is 0.0156.